The molecule has 1 aliphatic carbocycles. The highest BCUT2D eigenvalue weighted by molar-refractivity contribution is 4.73. The van der Waals surface area contributed by atoms with Crippen molar-refractivity contribution in [2.24, 2.45) is 11.7 Å². The van der Waals surface area contributed by atoms with E-state index >= 15 is 0 Å². The van der Waals surface area contributed by atoms with E-state index in [1.807, 2.05) is 0 Å². The molecule has 0 radical (unpaired) electrons. The van der Waals surface area contributed by atoms with Gasteiger partial charge in [0, 0.05) is 12.6 Å². The van der Waals surface area contributed by atoms with Gasteiger partial charge in [0.2, 0.25) is 0 Å². The quantitative estimate of drug-likeness (QED) is 0.603. The number of aliphatic hydroxyl groups excluding tert-OH is 1. The second kappa shape index (κ2) is 3.94. The molecule has 0 unspecified atom stereocenters. The van der Waals surface area contributed by atoms with Gasteiger partial charge in [-0.25, -0.2) is 0 Å². The van der Waals surface area contributed by atoms with Crippen LogP contribution >= 0.6 is 0 Å². The molecule has 0 atom stereocenters. The number of hydrogen-bond acceptors (Lipinski definition) is 2. The fraction of sp³-hybridized carbons (Fsp3) is 1.00. The lowest BCUT2D eigenvalue weighted by atomic mass is 9.85. The highest BCUT2D eigenvalue weighted by atomic mass is 16.3. The van der Waals surface area contributed by atoms with Gasteiger partial charge in [-0.15, -0.1) is 0 Å². The first-order valence-electron chi connectivity index (χ1n) is 4.19. The molecule has 1 fully saturated rings. The Hall–Kier alpha value is -0.0800. The molecule has 0 aromatic rings. The van der Waals surface area contributed by atoms with Crippen molar-refractivity contribution in [3.63, 3.8) is 0 Å². The molecular formula is C8H17NO. The van der Waals surface area contributed by atoms with Crippen LogP contribution in [-0.4, -0.2) is 17.8 Å². The van der Waals surface area contributed by atoms with Crippen LogP contribution in [0.2, 0.25) is 0 Å². The van der Waals surface area contributed by atoms with Crippen LogP contribution in [0.15, 0.2) is 0 Å². The van der Waals surface area contributed by atoms with Crippen LogP contribution in [0.4, 0.5) is 0 Å². The number of nitrogens with two attached hydrogens (primary N) is 1. The topological polar surface area (TPSA) is 46.2 Å². The molecule has 0 aliphatic heterocycles. The minimum Gasteiger partial charge on any atom is -0.396 e. The molecule has 0 heterocycles. The van der Waals surface area contributed by atoms with Gasteiger partial charge < -0.3 is 10.8 Å². The second-order valence-corrected chi connectivity index (χ2v) is 3.29. The van der Waals surface area contributed by atoms with Crippen molar-refractivity contribution in [1.29, 1.82) is 0 Å². The molecule has 0 aromatic heterocycles. The van der Waals surface area contributed by atoms with Crippen molar-refractivity contribution in [2.75, 3.05) is 6.61 Å². The van der Waals surface area contributed by atoms with Crippen LogP contribution in [0.1, 0.15) is 32.1 Å². The van der Waals surface area contributed by atoms with Crippen molar-refractivity contribution >= 4 is 0 Å². The molecule has 1 aliphatic rings. The molecule has 10 heavy (non-hydrogen) atoms. The van der Waals surface area contributed by atoms with Crippen LogP contribution in [0, 0.1) is 5.92 Å². The van der Waals surface area contributed by atoms with Gasteiger partial charge in [-0.05, 0) is 38.0 Å². The standard InChI is InChI=1S/C8H17NO/c9-8-3-1-7(2-4-8)5-6-10/h7-8,10H,1-6,9H2/t7-,8+. The highest BCUT2D eigenvalue weighted by Crippen LogP contribution is 2.25. The van der Waals surface area contributed by atoms with Crippen LogP contribution in [0.5, 0.6) is 0 Å². The zero-order valence-electron chi connectivity index (χ0n) is 6.42. The average Bonchev–Trinajstić information content (AvgIpc) is 1.95. The van der Waals surface area contributed by atoms with Crippen LogP contribution in [0.25, 0.3) is 0 Å². The Bertz CT molecular complexity index is 87.3. The van der Waals surface area contributed by atoms with E-state index in [1.54, 1.807) is 0 Å². The molecule has 0 spiro atoms. The van der Waals surface area contributed by atoms with Gasteiger partial charge in [0.05, 0.1) is 0 Å². The number of hydrogen-bond donors (Lipinski definition) is 2. The summed E-state index contributed by atoms with van der Waals surface area (Å²) < 4.78 is 0. The third kappa shape index (κ3) is 2.27. The molecule has 1 saturated carbocycles. The third-order valence-electron chi connectivity index (χ3n) is 2.43. The number of aliphatic hydroxyl groups is 1. The van der Waals surface area contributed by atoms with E-state index in [2.05, 4.69) is 0 Å². The van der Waals surface area contributed by atoms with Gasteiger partial charge in [0.25, 0.3) is 0 Å². The van der Waals surface area contributed by atoms with Crippen molar-refractivity contribution in [3.05, 3.63) is 0 Å². The molecule has 2 nitrogen and oxygen atoms in total. The first kappa shape index (κ1) is 8.02. The summed E-state index contributed by atoms with van der Waals surface area (Å²) in [4.78, 5) is 0. The summed E-state index contributed by atoms with van der Waals surface area (Å²) in [6.07, 6.45) is 5.74. The predicted octanol–water partition coefficient (Wildman–Crippen LogP) is 0.886. The maximum absolute atomic E-state index is 8.65. The van der Waals surface area contributed by atoms with Gasteiger partial charge in [-0.3, -0.25) is 0 Å². The molecule has 60 valence electrons. The van der Waals surface area contributed by atoms with Crippen LogP contribution < -0.4 is 5.73 Å². The van der Waals surface area contributed by atoms with Crippen molar-refractivity contribution in [2.45, 2.75) is 38.1 Å². The smallest absolute Gasteiger partial charge is 0.0433 e. The van der Waals surface area contributed by atoms with E-state index in [0.29, 0.717) is 12.6 Å². The highest BCUT2D eigenvalue weighted by Gasteiger charge is 2.17. The van der Waals surface area contributed by atoms with E-state index in [9.17, 15) is 0 Å². The Labute approximate surface area is 62.4 Å². The van der Waals surface area contributed by atoms with Gasteiger partial charge >= 0.3 is 0 Å². The Kier molecular flexibility index (Phi) is 3.16. The normalized spacial score (nSPS) is 34.2. The summed E-state index contributed by atoms with van der Waals surface area (Å²) >= 11 is 0. The van der Waals surface area contributed by atoms with Gasteiger partial charge in [0.1, 0.15) is 0 Å². The fourth-order valence-electron chi connectivity index (χ4n) is 1.66. The lowest BCUT2D eigenvalue weighted by molar-refractivity contribution is 0.223. The van der Waals surface area contributed by atoms with Gasteiger partial charge in [0.15, 0.2) is 0 Å². The fourth-order valence-corrected chi connectivity index (χ4v) is 1.66. The summed E-state index contributed by atoms with van der Waals surface area (Å²) in [7, 11) is 0. The van der Waals surface area contributed by atoms with E-state index < -0.39 is 0 Å². The Balaban J connectivity index is 2.13. The summed E-state index contributed by atoms with van der Waals surface area (Å²) in [5.74, 6) is 0.754. The third-order valence-corrected chi connectivity index (χ3v) is 2.43. The minimum atomic E-state index is 0.347. The maximum atomic E-state index is 8.65. The lowest BCUT2D eigenvalue weighted by Gasteiger charge is -2.25. The second-order valence-electron chi connectivity index (χ2n) is 3.29. The van der Waals surface area contributed by atoms with Crippen LogP contribution in [0.3, 0.4) is 0 Å². The van der Waals surface area contributed by atoms with Gasteiger partial charge in [-0.2, -0.15) is 0 Å². The van der Waals surface area contributed by atoms with E-state index in [1.165, 1.54) is 12.8 Å². The Morgan fingerprint density at radius 3 is 2.30 bits per heavy atom. The van der Waals surface area contributed by atoms with E-state index in [-0.39, 0.29) is 0 Å². The number of rotatable bonds is 2. The Morgan fingerprint density at radius 2 is 1.80 bits per heavy atom. The molecular weight excluding hydrogens is 126 g/mol. The molecule has 0 bridgehead atoms. The summed E-state index contributed by atoms with van der Waals surface area (Å²) in [5, 5.41) is 8.65. The monoisotopic (exact) mass is 143 g/mol. The maximum Gasteiger partial charge on any atom is 0.0433 e. The molecule has 0 saturated heterocycles. The molecule has 3 N–H and O–H groups in total. The SMILES string of the molecule is N[C@H]1CC[C@@H](CCO)CC1. The lowest BCUT2D eigenvalue weighted by Crippen LogP contribution is -2.26. The van der Waals surface area contributed by atoms with Gasteiger partial charge in [-0.1, -0.05) is 0 Å². The Morgan fingerprint density at radius 1 is 1.20 bits per heavy atom. The molecule has 0 amide bonds. The minimum absolute atomic E-state index is 0.347. The summed E-state index contributed by atoms with van der Waals surface area (Å²) in [6, 6.07) is 0.440. The summed E-state index contributed by atoms with van der Waals surface area (Å²) in [6.45, 7) is 0.347. The predicted molar refractivity (Wildman–Crippen MR) is 41.6 cm³/mol. The zero-order valence-corrected chi connectivity index (χ0v) is 6.42. The molecule has 0 aromatic carbocycles. The zero-order chi connectivity index (χ0) is 7.40. The van der Waals surface area contributed by atoms with E-state index in [4.69, 9.17) is 10.8 Å². The van der Waals surface area contributed by atoms with Crippen molar-refractivity contribution in [3.8, 4) is 0 Å². The largest absolute Gasteiger partial charge is 0.396 e. The molecule has 2 heteroatoms. The van der Waals surface area contributed by atoms with Crippen molar-refractivity contribution < 1.29 is 5.11 Å². The van der Waals surface area contributed by atoms with E-state index in [0.717, 1.165) is 25.2 Å². The average molecular weight is 143 g/mol. The van der Waals surface area contributed by atoms with Crippen LogP contribution in [-0.2, 0) is 0 Å². The van der Waals surface area contributed by atoms with Crippen molar-refractivity contribution in [1.82, 2.24) is 0 Å². The summed E-state index contributed by atoms with van der Waals surface area (Å²) in [5.41, 5.74) is 5.73. The first-order chi connectivity index (χ1) is 4.83. The first-order valence-corrected chi connectivity index (χ1v) is 4.19. The molecule has 1 rings (SSSR count).